The number of rotatable bonds is 7. The van der Waals surface area contributed by atoms with E-state index in [0.29, 0.717) is 22.4 Å². The van der Waals surface area contributed by atoms with Crippen molar-refractivity contribution in [1.29, 1.82) is 0 Å². The second kappa shape index (κ2) is 8.48. The molecule has 28 heavy (non-hydrogen) atoms. The molecule has 10 nitrogen and oxygen atoms in total. The lowest BCUT2D eigenvalue weighted by atomic mass is 10.3. The van der Waals surface area contributed by atoms with Crippen molar-refractivity contribution in [3.05, 3.63) is 47.1 Å². The zero-order valence-electron chi connectivity index (χ0n) is 15.1. The topological polar surface area (TPSA) is 131 Å². The molecule has 0 aliphatic rings. The number of carbonyl (C=O) groups excluding carboxylic acids is 3. The summed E-state index contributed by atoms with van der Waals surface area (Å²) >= 11 is 1.19. The van der Waals surface area contributed by atoms with Crippen LogP contribution in [0.15, 0.2) is 38.8 Å². The number of furan rings is 1. The van der Waals surface area contributed by atoms with Crippen molar-refractivity contribution in [2.24, 2.45) is 0 Å². The van der Waals surface area contributed by atoms with Crippen molar-refractivity contribution in [3.63, 3.8) is 0 Å². The maximum Gasteiger partial charge on any atom is 0.293 e. The van der Waals surface area contributed by atoms with Gasteiger partial charge in [-0.3, -0.25) is 19.7 Å². The Morgan fingerprint density at radius 3 is 2.79 bits per heavy atom. The fourth-order valence-electron chi connectivity index (χ4n) is 2.21. The molecule has 2 N–H and O–H groups in total. The van der Waals surface area contributed by atoms with Crippen LogP contribution in [0.4, 0.5) is 10.9 Å². The molecule has 0 saturated heterocycles. The van der Waals surface area contributed by atoms with Crippen LogP contribution in [0, 0.1) is 6.92 Å². The van der Waals surface area contributed by atoms with Crippen LogP contribution in [0.25, 0.3) is 0 Å². The van der Waals surface area contributed by atoms with Gasteiger partial charge >= 0.3 is 0 Å². The predicted molar refractivity (Wildman–Crippen MR) is 100.0 cm³/mol. The summed E-state index contributed by atoms with van der Waals surface area (Å²) in [6, 6.07) is 4.72. The van der Waals surface area contributed by atoms with Crippen molar-refractivity contribution in [2.75, 3.05) is 24.2 Å². The Labute approximate surface area is 163 Å². The van der Waals surface area contributed by atoms with Gasteiger partial charge in [0.05, 0.1) is 24.9 Å². The van der Waals surface area contributed by atoms with E-state index in [0.717, 1.165) is 0 Å². The van der Waals surface area contributed by atoms with E-state index >= 15 is 0 Å². The lowest BCUT2D eigenvalue weighted by Crippen LogP contribution is -2.35. The molecule has 0 aliphatic heterocycles. The van der Waals surface area contributed by atoms with Gasteiger partial charge in [0.2, 0.25) is 11.8 Å². The maximum absolute atomic E-state index is 12.3. The summed E-state index contributed by atoms with van der Waals surface area (Å²) in [7, 11) is 1.52. The molecule has 0 atom stereocenters. The van der Waals surface area contributed by atoms with Gasteiger partial charge in [-0.2, -0.15) is 0 Å². The molecule has 3 heterocycles. The standard InChI is InChI=1S/C17H17N5O5S/c1-10-6-13(21-27-10)19-14(23)8-22(2)15(24)7-11-9-28-17(18-11)20-16(25)12-4-3-5-26-12/h3-6,9H,7-8H2,1-2H3,(H,18,20,25)(H,19,21,23). The molecule has 146 valence electrons. The van der Waals surface area contributed by atoms with Gasteiger partial charge in [-0.05, 0) is 19.1 Å². The third-order valence-electron chi connectivity index (χ3n) is 3.55. The Morgan fingerprint density at radius 1 is 1.29 bits per heavy atom. The molecule has 3 aromatic rings. The highest BCUT2D eigenvalue weighted by Gasteiger charge is 2.17. The monoisotopic (exact) mass is 403 g/mol. The molecule has 0 spiro atoms. The zero-order chi connectivity index (χ0) is 20.1. The second-order valence-electron chi connectivity index (χ2n) is 5.87. The molecule has 3 amide bonds. The highest BCUT2D eigenvalue weighted by Crippen LogP contribution is 2.17. The van der Waals surface area contributed by atoms with E-state index in [-0.39, 0.29) is 24.6 Å². The van der Waals surface area contributed by atoms with Crippen LogP contribution in [0.3, 0.4) is 0 Å². The molecule has 3 rings (SSSR count). The Hall–Kier alpha value is -3.47. The molecule has 0 aromatic carbocycles. The van der Waals surface area contributed by atoms with Gasteiger partial charge < -0.3 is 19.2 Å². The SMILES string of the molecule is Cc1cc(NC(=O)CN(C)C(=O)Cc2csc(NC(=O)c3ccco3)n2)no1. The lowest BCUT2D eigenvalue weighted by Gasteiger charge is -2.15. The number of thiazole rings is 1. The van der Waals surface area contributed by atoms with E-state index in [4.69, 9.17) is 8.94 Å². The Balaban J connectivity index is 1.49. The number of hydrogen-bond acceptors (Lipinski definition) is 8. The van der Waals surface area contributed by atoms with Gasteiger partial charge in [0.25, 0.3) is 5.91 Å². The number of aryl methyl sites for hydroxylation is 1. The average Bonchev–Trinajstić information content (AvgIpc) is 3.37. The van der Waals surface area contributed by atoms with E-state index in [9.17, 15) is 14.4 Å². The normalized spacial score (nSPS) is 10.5. The van der Waals surface area contributed by atoms with E-state index in [1.54, 1.807) is 24.4 Å². The van der Waals surface area contributed by atoms with Gasteiger partial charge in [0.15, 0.2) is 16.7 Å². The lowest BCUT2D eigenvalue weighted by molar-refractivity contribution is -0.132. The first-order chi connectivity index (χ1) is 13.4. The number of carbonyl (C=O) groups is 3. The Morgan fingerprint density at radius 2 is 2.11 bits per heavy atom. The fourth-order valence-corrected chi connectivity index (χ4v) is 2.92. The number of nitrogens with zero attached hydrogens (tertiary/aromatic N) is 3. The largest absolute Gasteiger partial charge is 0.459 e. The van der Waals surface area contributed by atoms with Crippen molar-refractivity contribution >= 4 is 40.0 Å². The average molecular weight is 403 g/mol. The van der Waals surface area contributed by atoms with Crippen LogP contribution >= 0.6 is 11.3 Å². The molecule has 0 saturated carbocycles. The molecule has 0 unspecified atom stereocenters. The van der Waals surface area contributed by atoms with Gasteiger partial charge in [-0.1, -0.05) is 5.16 Å². The molecule has 0 fully saturated rings. The summed E-state index contributed by atoms with van der Waals surface area (Å²) in [4.78, 5) is 41.7. The quantitative estimate of drug-likeness (QED) is 0.616. The minimum absolute atomic E-state index is 0.0000288. The van der Waals surface area contributed by atoms with Crippen molar-refractivity contribution in [3.8, 4) is 0 Å². The minimum Gasteiger partial charge on any atom is -0.459 e. The zero-order valence-corrected chi connectivity index (χ0v) is 15.9. The Kier molecular flexibility index (Phi) is 5.84. The number of hydrogen-bond donors (Lipinski definition) is 2. The highest BCUT2D eigenvalue weighted by atomic mass is 32.1. The number of anilines is 2. The summed E-state index contributed by atoms with van der Waals surface area (Å²) in [5, 5.41) is 10.8. The first-order valence-electron chi connectivity index (χ1n) is 8.17. The maximum atomic E-state index is 12.3. The summed E-state index contributed by atoms with van der Waals surface area (Å²) in [6.45, 7) is 1.56. The number of amides is 3. The fraction of sp³-hybridized carbons (Fsp3) is 0.235. The third-order valence-corrected chi connectivity index (χ3v) is 4.36. The van der Waals surface area contributed by atoms with Crippen LogP contribution in [0.5, 0.6) is 0 Å². The molecule has 11 heteroatoms. The minimum atomic E-state index is -0.422. The van der Waals surface area contributed by atoms with Crippen LogP contribution in [0.1, 0.15) is 22.0 Å². The molecule has 0 radical (unpaired) electrons. The summed E-state index contributed by atoms with van der Waals surface area (Å²) < 4.78 is 9.87. The highest BCUT2D eigenvalue weighted by molar-refractivity contribution is 7.14. The molecular weight excluding hydrogens is 386 g/mol. The number of nitrogens with one attached hydrogen (secondary N) is 2. The predicted octanol–water partition coefficient (Wildman–Crippen LogP) is 1.92. The van der Waals surface area contributed by atoms with Gasteiger partial charge in [0, 0.05) is 18.5 Å². The second-order valence-corrected chi connectivity index (χ2v) is 6.73. The van der Waals surface area contributed by atoms with E-state index in [1.807, 2.05) is 0 Å². The first-order valence-corrected chi connectivity index (χ1v) is 9.05. The summed E-state index contributed by atoms with van der Waals surface area (Å²) in [5.74, 6) is -0.0810. The number of likely N-dealkylation sites (N-methyl/N-ethyl adjacent to an activating group) is 1. The molecule has 0 bridgehead atoms. The van der Waals surface area contributed by atoms with Crippen LogP contribution in [-0.4, -0.2) is 46.4 Å². The van der Waals surface area contributed by atoms with E-state index in [1.165, 1.54) is 35.6 Å². The van der Waals surface area contributed by atoms with Crippen molar-refractivity contribution in [1.82, 2.24) is 15.0 Å². The van der Waals surface area contributed by atoms with Crippen LogP contribution < -0.4 is 10.6 Å². The third kappa shape index (κ3) is 5.04. The van der Waals surface area contributed by atoms with Crippen molar-refractivity contribution < 1.29 is 23.3 Å². The van der Waals surface area contributed by atoms with Gasteiger partial charge in [0.1, 0.15) is 5.76 Å². The molecule has 0 aliphatic carbocycles. The van der Waals surface area contributed by atoms with Gasteiger partial charge in [-0.25, -0.2) is 4.98 Å². The molecule has 3 aromatic heterocycles. The number of aromatic nitrogens is 2. The Bertz CT molecular complexity index is 978. The van der Waals surface area contributed by atoms with Crippen molar-refractivity contribution in [2.45, 2.75) is 13.3 Å². The first kappa shape index (κ1) is 19.3. The van der Waals surface area contributed by atoms with Crippen LogP contribution in [0.2, 0.25) is 0 Å². The summed E-state index contributed by atoms with van der Waals surface area (Å²) in [6.07, 6.45) is 1.40. The van der Waals surface area contributed by atoms with Gasteiger partial charge in [-0.15, -0.1) is 11.3 Å². The molecular formula is C17H17N5O5S. The smallest absolute Gasteiger partial charge is 0.293 e. The van der Waals surface area contributed by atoms with E-state index < -0.39 is 11.8 Å². The summed E-state index contributed by atoms with van der Waals surface area (Å²) in [5.41, 5.74) is 0.490. The van der Waals surface area contributed by atoms with E-state index in [2.05, 4.69) is 20.8 Å². The van der Waals surface area contributed by atoms with Crippen LogP contribution in [-0.2, 0) is 16.0 Å².